The Labute approximate surface area is 123 Å². The molecule has 20 heavy (non-hydrogen) atoms. The van der Waals surface area contributed by atoms with Gasteiger partial charge in [0.25, 0.3) is 0 Å². The number of ether oxygens (including phenoxy) is 1. The molecule has 1 heterocycles. The van der Waals surface area contributed by atoms with E-state index in [-0.39, 0.29) is 10.8 Å². The minimum atomic E-state index is -4.31. The van der Waals surface area contributed by atoms with Crippen LogP contribution in [0.1, 0.15) is 57.7 Å². The highest BCUT2D eigenvalue weighted by Crippen LogP contribution is 2.44. The fourth-order valence-corrected chi connectivity index (χ4v) is 3.00. The van der Waals surface area contributed by atoms with Gasteiger partial charge >= 0.3 is 6.18 Å². The maximum absolute atomic E-state index is 12.4. The standard InChI is InChI=1S/C15H23F3OS/c1-7-14(5,6)11-8-10(19-9-15(16,17)18)12(20-11)13(2,3)4/h8H,7,9H2,1-6H3. The number of hydrogen-bond donors (Lipinski definition) is 0. The summed E-state index contributed by atoms with van der Waals surface area (Å²) in [7, 11) is 0. The van der Waals surface area contributed by atoms with Gasteiger partial charge in [-0.05, 0) is 23.3 Å². The van der Waals surface area contributed by atoms with Crippen LogP contribution in [0.2, 0.25) is 0 Å². The molecule has 0 aliphatic heterocycles. The fraction of sp³-hybridized carbons (Fsp3) is 0.733. The second-order valence-corrected chi connectivity index (χ2v) is 7.75. The van der Waals surface area contributed by atoms with Gasteiger partial charge in [0.05, 0.1) is 4.88 Å². The molecule has 0 atom stereocenters. The van der Waals surface area contributed by atoms with Crippen LogP contribution in [0.5, 0.6) is 5.75 Å². The summed E-state index contributed by atoms with van der Waals surface area (Å²) in [5.41, 5.74) is -0.280. The van der Waals surface area contributed by atoms with Crippen molar-refractivity contribution in [2.45, 2.75) is 65.0 Å². The van der Waals surface area contributed by atoms with Crippen LogP contribution in [0.3, 0.4) is 0 Å². The van der Waals surface area contributed by atoms with Crippen LogP contribution in [-0.4, -0.2) is 12.8 Å². The molecular formula is C15H23F3OS. The molecule has 0 amide bonds. The Balaban J connectivity index is 3.15. The molecule has 116 valence electrons. The zero-order valence-corrected chi connectivity index (χ0v) is 13.8. The van der Waals surface area contributed by atoms with Gasteiger partial charge in [0.1, 0.15) is 5.75 Å². The van der Waals surface area contributed by atoms with Crippen molar-refractivity contribution in [2.24, 2.45) is 0 Å². The first-order chi connectivity index (χ1) is 8.87. The zero-order chi connectivity index (χ0) is 15.8. The van der Waals surface area contributed by atoms with Crippen LogP contribution in [0.15, 0.2) is 6.07 Å². The molecule has 0 saturated carbocycles. The third-order valence-electron chi connectivity index (χ3n) is 3.32. The molecule has 1 nitrogen and oxygen atoms in total. The molecule has 1 rings (SSSR count). The first-order valence-electron chi connectivity index (χ1n) is 6.71. The average Bonchev–Trinajstić information content (AvgIpc) is 2.69. The van der Waals surface area contributed by atoms with Crippen molar-refractivity contribution in [3.05, 3.63) is 15.8 Å². The SMILES string of the molecule is CCC(C)(C)c1cc(OCC(F)(F)F)c(C(C)(C)C)s1. The summed E-state index contributed by atoms with van der Waals surface area (Å²) < 4.78 is 42.1. The van der Waals surface area contributed by atoms with E-state index in [1.165, 1.54) is 0 Å². The maximum Gasteiger partial charge on any atom is 0.422 e. The van der Waals surface area contributed by atoms with E-state index in [2.05, 4.69) is 20.8 Å². The van der Waals surface area contributed by atoms with E-state index in [4.69, 9.17) is 4.74 Å². The lowest BCUT2D eigenvalue weighted by atomic mass is 9.88. The van der Waals surface area contributed by atoms with Gasteiger partial charge in [-0.15, -0.1) is 11.3 Å². The van der Waals surface area contributed by atoms with Crippen molar-refractivity contribution in [1.29, 1.82) is 0 Å². The molecule has 0 aromatic carbocycles. The Kier molecular flexibility index (Phi) is 4.84. The van der Waals surface area contributed by atoms with Gasteiger partial charge in [0.15, 0.2) is 6.61 Å². The molecule has 0 bridgehead atoms. The largest absolute Gasteiger partial charge is 0.483 e. The Morgan fingerprint density at radius 3 is 2.05 bits per heavy atom. The maximum atomic E-state index is 12.4. The van der Waals surface area contributed by atoms with Gasteiger partial charge in [-0.2, -0.15) is 13.2 Å². The Morgan fingerprint density at radius 1 is 1.10 bits per heavy atom. The van der Waals surface area contributed by atoms with Crippen molar-refractivity contribution < 1.29 is 17.9 Å². The second kappa shape index (κ2) is 5.58. The Hall–Kier alpha value is -0.710. The summed E-state index contributed by atoms with van der Waals surface area (Å²) in [6.07, 6.45) is -3.38. The van der Waals surface area contributed by atoms with Crippen LogP contribution in [0, 0.1) is 0 Å². The predicted molar refractivity (Wildman–Crippen MR) is 77.9 cm³/mol. The number of alkyl halides is 3. The molecule has 5 heteroatoms. The smallest absolute Gasteiger partial charge is 0.422 e. The number of hydrogen-bond acceptors (Lipinski definition) is 2. The van der Waals surface area contributed by atoms with Gasteiger partial charge in [-0.25, -0.2) is 0 Å². The summed E-state index contributed by atoms with van der Waals surface area (Å²) in [5, 5.41) is 0. The van der Waals surface area contributed by atoms with E-state index in [1.54, 1.807) is 17.4 Å². The minimum absolute atomic E-state index is 0.0511. The van der Waals surface area contributed by atoms with E-state index in [0.717, 1.165) is 16.2 Å². The quantitative estimate of drug-likeness (QED) is 0.696. The molecule has 0 N–H and O–H groups in total. The van der Waals surface area contributed by atoms with Crippen molar-refractivity contribution >= 4 is 11.3 Å². The second-order valence-electron chi connectivity index (χ2n) is 6.70. The van der Waals surface area contributed by atoms with E-state index in [9.17, 15) is 13.2 Å². The summed E-state index contributed by atoms with van der Waals surface area (Å²) >= 11 is 1.56. The third kappa shape index (κ3) is 4.40. The van der Waals surface area contributed by atoms with Crippen LogP contribution >= 0.6 is 11.3 Å². The lowest BCUT2D eigenvalue weighted by molar-refractivity contribution is -0.153. The van der Waals surface area contributed by atoms with E-state index in [0.29, 0.717) is 5.75 Å². The Bertz CT molecular complexity index is 453. The third-order valence-corrected chi connectivity index (χ3v) is 5.23. The molecule has 1 aromatic heterocycles. The van der Waals surface area contributed by atoms with Crippen LogP contribution in [0.4, 0.5) is 13.2 Å². The van der Waals surface area contributed by atoms with Gasteiger partial charge in [-0.3, -0.25) is 0 Å². The first kappa shape index (κ1) is 17.3. The first-order valence-corrected chi connectivity index (χ1v) is 7.53. The normalized spacial score (nSPS) is 13.7. The highest BCUT2D eigenvalue weighted by molar-refractivity contribution is 7.12. The predicted octanol–water partition coefficient (Wildman–Crippen LogP) is 5.67. The van der Waals surface area contributed by atoms with Crippen molar-refractivity contribution in [3.63, 3.8) is 0 Å². The monoisotopic (exact) mass is 308 g/mol. The molecule has 0 aliphatic carbocycles. The van der Waals surface area contributed by atoms with E-state index >= 15 is 0 Å². The summed E-state index contributed by atoms with van der Waals surface area (Å²) in [4.78, 5) is 1.94. The van der Waals surface area contributed by atoms with Crippen LogP contribution in [0.25, 0.3) is 0 Å². The molecule has 0 fully saturated rings. The van der Waals surface area contributed by atoms with Crippen molar-refractivity contribution in [2.75, 3.05) is 6.61 Å². The number of rotatable bonds is 4. The highest BCUT2D eigenvalue weighted by atomic mass is 32.1. The molecule has 1 aromatic rings. The van der Waals surface area contributed by atoms with Gasteiger partial charge in [0, 0.05) is 4.88 Å². The molecule has 0 saturated heterocycles. The molecule has 0 unspecified atom stereocenters. The summed E-state index contributed by atoms with van der Waals surface area (Å²) in [6.45, 7) is 11.0. The van der Waals surface area contributed by atoms with Gasteiger partial charge in [-0.1, -0.05) is 41.5 Å². The number of halogens is 3. The Morgan fingerprint density at radius 2 is 1.65 bits per heavy atom. The fourth-order valence-electron chi connectivity index (χ4n) is 1.67. The number of thiophene rings is 1. The summed E-state index contributed by atoms with van der Waals surface area (Å²) in [6, 6.07) is 1.78. The van der Waals surface area contributed by atoms with Gasteiger partial charge < -0.3 is 4.74 Å². The van der Waals surface area contributed by atoms with Gasteiger partial charge in [0.2, 0.25) is 0 Å². The van der Waals surface area contributed by atoms with E-state index in [1.807, 2.05) is 20.8 Å². The van der Waals surface area contributed by atoms with Crippen LogP contribution < -0.4 is 4.74 Å². The lowest BCUT2D eigenvalue weighted by Gasteiger charge is -2.21. The van der Waals surface area contributed by atoms with E-state index < -0.39 is 12.8 Å². The minimum Gasteiger partial charge on any atom is -0.483 e. The summed E-state index contributed by atoms with van der Waals surface area (Å²) in [5.74, 6) is 0.372. The average molecular weight is 308 g/mol. The van der Waals surface area contributed by atoms with Crippen molar-refractivity contribution in [3.8, 4) is 5.75 Å². The molecule has 0 aliphatic rings. The highest BCUT2D eigenvalue weighted by Gasteiger charge is 2.32. The lowest BCUT2D eigenvalue weighted by Crippen LogP contribution is -2.20. The molecule has 0 radical (unpaired) electrons. The molecular weight excluding hydrogens is 285 g/mol. The topological polar surface area (TPSA) is 9.23 Å². The zero-order valence-electron chi connectivity index (χ0n) is 12.9. The van der Waals surface area contributed by atoms with Crippen molar-refractivity contribution in [1.82, 2.24) is 0 Å². The van der Waals surface area contributed by atoms with Crippen LogP contribution in [-0.2, 0) is 10.8 Å². The molecule has 0 spiro atoms.